The average Bonchev–Trinajstić information content (AvgIpc) is 3.15. The third kappa shape index (κ3) is 3.59. The molecule has 1 heterocycles. The number of rotatable bonds is 7. The van der Waals surface area contributed by atoms with Crippen LogP contribution in [0, 0.1) is 0 Å². The minimum Gasteiger partial charge on any atom is -0.494 e. The molecule has 1 N–H and O–H groups in total. The Balaban J connectivity index is 1.60. The van der Waals surface area contributed by atoms with E-state index in [4.69, 9.17) is 4.74 Å². The van der Waals surface area contributed by atoms with Gasteiger partial charge < -0.3 is 14.6 Å². The lowest BCUT2D eigenvalue weighted by atomic mass is 10.2. The molecular weight excluding hydrogens is 260 g/mol. The zero-order valence-corrected chi connectivity index (χ0v) is 13.0. The molecule has 1 saturated carbocycles. The molecule has 1 aliphatic rings. The second-order valence-electron chi connectivity index (χ2n) is 6.01. The molecule has 3 nitrogen and oxygen atoms in total. The van der Waals surface area contributed by atoms with Crippen LogP contribution >= 0.6 is 0 Å². The molecule has 0 aliphatic heterocycles. The summed E-state index contributed by atoms with van der Waals surface area (Å²) in [7, 11) is 0. The number of fused-ring (bicyclic) bond motifs is 1. The molecule has 2 aromatic rings. The first-order valence-corrected chi connectivity index (χ1v) is 8.32. The highest BCUT2D eigenvalue weighted by Crippen LogP contribution is 2.22. The van der Waals surface area contributed by atoms with Crippen molar-refractivity contribution in [1.29, 1.82) is 0 Å². The van der Waals surface area contributed by atoms with Gasteiger partial charge in [0.25, 0.3) is 0 Å². The summed E-state index contributed by atoms with van der Waals surface area (Å²) >= 11 is 0. The summed E-state index contributed by atoms with van der Waals surface area (Å²) in [5.41, 5.74) is 1.30. The van der Waals surface area contributed by atoms with Gasteiger partial charge in [-0.2, -0.15) is 0 Å². The van der Waals surface area contributed by atoms with Crippen LogP contribution in [-0.2, 0) is 6.54 Å². The molecule has 0 saturated heterocycles. The quantitative estimate of drug-likeness (QED) is 0.833. The SMILES string of the molecule is CCCOc1ccc2c(ccn2CCNC2CCCC2)c1. The van der Waals surface area contributed by atoms with E-state index in [9.17, 15) is 0 Å². The average molecular weight is 286 g/mol. The van der Waals surface area contributed by atoms with Gasteiger partial charge in [0.15, 0.2) is 0 Å². The summed E-state index contributed by atoms with van der Waals surface area (Å²) < 4.78 is 8.03. The lowest BCUT2D eigenvalue weighted by molar-refractivity contribution is 0.318. The van der Waals surface area contributed by atoms with Crippen molar-refractivity contribution in [2.45, 2.75) is 51.6 Å². The summed E-state index contributed by atoms with van der Waals surface area (Å²) in [5.74, 6) is 0.978. The number of nitrogens with one attached hydrogen (secondary N) is 1. The normalized spacial score (nSPS) is 15.9. The highest BCUT2D eigenvalue weighted by atomic mass is 16.5. The summed E-state index contributed by atoms with van der Waals surface area (Å²) in [5, 5.41) is 4.95. The minimum absolute atomic E-state index is 0.751. The second-order valence-corrected chi connectivity index (χ2v) is 6.01. The van der Waals surface area contributed by atoms with Gasteiger partial charge in [0.1, 0.15) is 5.75 Å². The van der Waals surface area contributed by atoms with Gasteiger partial charge in [-0.25, -0.2) is 0 Å². The van der Waals surface area contributed by atoms with Crippen molar-refractivity contribution in [3.05, 3.63) is 30.5 Å². The molecular formula is C18H26N2O. The third-order valence-electron chi connectivity index (χ3n) is 4.36. The lowest BCUT2D eigenvalue weighted by Crippen LogP contribution is -2.29. The minimum atomic E-state index is 0.751. The molecule has 0 radical (unpaired) electrons. The van der Waals surface area contributed by atoms with Gasteiger partial charge in [-0.15, -0.1) is 0 Å². The Labute approximate surface area is 127 Å². The first kappa shape index (κ1) is 14.5. The summed E-state index contributed by atoms with van der Waals surface area (Å²) in [6.07, 6.45) is 8.72. The predicted molar refractivity (Wildman–Crippen MR) is 88.0 cm³/mol. The van der Waals surface area contributed by atoms with Crippen molar-refractivity contribution in [3.8, 4) is 5.75 Å². The first-order chi connectivity index (χ1) is 10.4. The van der Waals surface area contributed by atoms with Crippen LogP contribution in [0.25, 0.3) is 10.9 Å². The van der Waals surface area contributed by atoms with E-state index in [1.54, 1.807) is 0 Å². The van der Waals surface area contributed by atoms with E-state index in [1.165, 1.54) is 36.6 Å². The van der Waals surface area contributed by atoms with Crippen molar-refractivity contribution in [2.75, 3.05) is 13.2 Å². The van der Waals surface area contributed by atoms with E-state index in [2.05, 4.69) is 47.3 Å². The predicted octanol–water partition coefficient (Wildman–Crippen LogP) is 3.96. The van der Waals surface area contributed by atoms with E-state index in [1.807, 2.05) is 0 Å². The third-order valence-corrected chi connectivity index (χ3v) is 4.36. The second kappa shape index (κ2) is 6.99. The molecule has 1 aliphatic carbocycles. The van der Waals surface area contributed by atoms with Gasteiger partial charge in [-0.05, 0) is 43.5 Å². The van der Waals surface area contributed by atoms with Crippen molar-refractivity contribution in [2.24, 2.45) is 0 Å². The molecule has 21 heavy (non-hydrogen) atoms. The van der Waals surface area contributed by atoms with E-state index in [0.717, 1.165) is 37.9 Å². The maximum atomic E-state index is 5.70. The molecule has 1 aromatic carbocycles. The zero-order valence-electron chi connectivity index (χ0n) is 13.0. The first-order valence-electron chi connectivity index (χ1n) is 8.32. The van der Waals surface area contributed by atoms with Crippen LogP contribution in [0.2, 0.25) is 0 Å². The largest absolute Gasteiger partial charge is 0.494 e. The number of ether oxygens (including phenoxy) is 1. The van der Waals surface area contributed by atoms with Crippen molar-refractivity contribution in [3.63, 3.8) is 0 Å². The molecule has 3 rings (SSSR count). The Bertz CT molecular complexity index is 570. The highest BCUT2D eigenvalue weighted by molar-refractivity contribution is 5.81. The Morgan fingerprint density at radius 1 is 1.24 bits per heavy atom. The van der Waals surface area contributed by atoms with Gasteiger partial charge >= 0.3 is 0 Å². The highest BCUT2D eigenvalue weighted by Gasteiger charge is 2.13. The van der Waals surface area contributed by atoms with Gasteiger partial charge in [0.05, 0.1) is 6.61 Å². The summed E-state index contributed by atoms with van der Waals surface area (Å²) in [6.45, 7) is 5.02. The monoisotopic (exact) mass is 286 g/mol. The summed E-state index contributed by atoms with van der Waals surface area (Å²) in [4.78, 5) is 0. The Kier molecular flexibility index (Phi) is 4.81. The number of nitrogens with zero attached hydrogens (tertiary/aromatic N) is 1. The Morgan fingerprint density at radius 2 is 2.10 bits per heavy atom. The van der Waals surface area contributed by atoms with E-state index in [0.29, 0.717) is 0 Å². The maximum absolute atomic E-state index is 5.70. The Hall–Kier alpha value is -1.48. The van der Waals surface area contributed by atoms with E-state index >= 15 is 0 Å². The van der Waals surface area contributed by atoms with Crippen LogP contribution < -0.4 is 10.1 Å². The van der Waals surface area contributed by atoms with Crippen molar-refractivity contribution in [1.82, 2.24) is 9.88 Å². The van der Waals surface area contributed by atoms with Gasteiger partial charge in [0.2, 0.25) is 0 Å². The molecule has 0 unspecified atom stereocenters. The number of hydrogen-bond acceptors (Lipinski definition) is 2. The van der Waals surface area contributed by atoms with E-state index in [-0.39, 0.29) is 0 Å². The molecule has 1 fully saturated rings. The van der Waals surface area contributed by atoms with Gasteiger partial charge in [-0.3, -0.25) is 0 Å². The van der Waals surface area contributed by atoms with E-state index < -0.39 is 0 Å². The standard InChI is InChI=1S/C18H26N2O/c1-2-13-21-17-7-8-18-15(14-17)9-11-20(18)12-10-19-16-5-3-4-6-16/h7-9,11,14,16,19H,2-6,10,12-13H2,1H3. The fraction of sp³-hybridized carbons (Fsp3) is 0.556. The van der Waals surface area contributed by atoms with Crippen molar-refractivity contribution >= 4 is 10.9 Å². The van der Waals surface area contributed by atoms with Crippen LogP contribution in [0.1, 0.15) is 39.0 Å². The smallest absolute Gasteiger partial charge is 0.120 e. The molecule has 0 bridgehead atoms. The fourth-order valence-corrected chi connectivity index (χ4v) is 3.20. The van der Waals surface area contributed by atoms with Gasteiger partial charge in [-0.1, -0.05) is 19.8 Å². The van der Waals surface area contributed by atoms with Crippen LogP contribution in [0.3, 0.4) is 0 Å². The number of benzene rings is 1. The van der Waals surface area contributed by atoms with Crippen LogP contribution in [0.4, 0.5) is 0 Å². The number of hydrogen-bond donors (Lipinski definition) is 1. The molecule has 0 spiro atoms. The van der Waals surface area contributed by atoms with Crippen LogP contribution in [0.15, 0.2) is 30.5 Å². The lowest BCUT2D eigenvalue weighted by Gasteiger charge is -2.13. The maximum Gasteiger partial charge on any atom is 0.120 e. The number of aromatic nitrogens is 1. The molecule has 114 valence electrons. The summed E-state index contributed by atoms with van der Waals surface area (Å²) in [6, 6.07) is 9.34. The molecule has 0 atom stereocenters. The van der Waals surface area contributed by atoms with Crippen LogP contribution in [-0.4, -0.2) is 23.8 Å². The molecule has 0 amide bonds. The molecule has 3 heteroatoms. The van der Waals surface area contributed by atoms with Gasteiger partial charge in [0, 0.05) is 36.2 Å². The zero-order chi connectivity index (χ0) is 14.5. The van der Waals surface area contributed by atoms with Crippen molar-refractivity contribution < 1.29 is 4.74 Å². The van der Waals surface area contributed by atoms with Crippen LogP contribution in [0.5, 0.6) is 5.75 Å². The topological polar surface area (TPSA) is 26.2 Å². The fourth-order valence-electron chi connectivity index (χ4n) is 3.20. The molecule has 1 aromatic heterocycles. The Morgan fingerprint density at radius 3 is 2.90 bits per heavy atom.